The molecule has 2 aromatic rings. The number of anilines is 1. The predicted molar refractivity (Wildman–Crippen MR) is 70.1 cm³/mol. The van der Waals surface area contributed by atoms with Crippen LogP contribution in [-0.4, -0.2) is 26.1 Å². The lowest BCUT2D eigenvalue weighted by molar-refractivity contribution is 0.580. The number of nitrogen functional groups attached to an aromatic ring is 1. The number of imidazole rings is 1. The van der Waals surface area contributed by atoms with Crippen LogP contribution in [0.15, 0.2) is 11.1 Å². The summed E-state index contributed by atoms with van der Waals surface area (Å²) >= 11 is 0. The molecule has 2 rings (SSSR count). The Balaban J connectivity index is 2.07. The highest BCUT2D eigenvalue weighted by Gasteiger charge is 2.08. The summed E-state index contributed by atoms with van der Waals surface area (Å²) in [5.41, 5.74) is 11.6. The summed E-state index contributed by atoms with van der Waals surface area (Å²) in [6.07, 6.45) is 5.93. The lowest BCUT2D eigenvalue weighted by atomic mass is 10.2. The maximum Gasteiger partial charge on any atom is 0.280 e. The number of unbranched alkanes of at least 4 members (excludes halogenated alkanes) is 3. The van der Waals surface area contributed by atoms with Gasteiger partial charge < -0.3 is 16.0 Å². The minimum absolute atomic E-state index is 0.123. The number of hydrogen-bond acceptors (Lipinski definition) is 5. The van der Waals surface area contributed by atoms with E-state index in [9.17, 15) is 4.79 Å². The molecule has 0 amide bonds. The van der Waals surface area contributed by atoms with E-state index in [1.54, 1.807) is 6.33 Å². The molecule has 7 heteroatoms. The number of nitrogens with two attached hydrogens (primary N) is 2. The Hall–Kier alpha value is -1.89. The fraction of sp³-hybridized carbons (Fsp3) is 0.545. The quantitative estimate of drug-likeness (QED) is 0.634. The van der Waals surface area contributed by atoms with Crippen LogP contribution in [0.5, 0.6) is 0 Å². The van der Waals surface area contributed by atoms with Crippen molar-refractivity contribution in [2.24, 2.45) is 5.73 Å². The van der Waals surface area contributed by atoms with Gasteiger partial charge in [0, 0.05) is 6.54 Å². The zero-order valence-electron chi connectivity index (χ0n) is 10.2. The zero-order chi connectivity index (χ0) is 13.0. The normalized spacial score (nSPS) is 11.2. The first-order chi connectivity index (χ1) is 8.72. The van der Waals surface area contributed by atoms with E-state index in [2.05, 4.69) is 15.0 Å². The second-order valence-electron chi connectivity index (χ2n) is 4.26. The standard InChI is InChI=1S/C11H18N6O/c12-5-3-1-2-4-6-17-7-14-8-9(17)15-11(13)16-10(8)18/h7H,1-6,12H2,(H3,13,15,16,18). The largest absolute Gasteiger partial charge is 0.369 e. The Kier molecular flexibility index (Phi) is 3.93. The number of aryl methyl sites for hydroxylation is 1. The van der Waals surface area contributed by atoms with Gasteiger partial charge in [0.05, 0.1) is 6.33 Å². The van der Waals surface area contributed by atoms with Crippen LogP contribution in [-0.2, 0) is 6.54 Å². The van der Waals surface area contributed by atoms with E-state index in [4.69, 9.17) is 11.5 Å². The lowest BCUT2D eigenvalue weighted by Gasteiger charge is -2.03. The van der Waals surface area contributed by atoms with E-state index >= 15 is 0 Å². The summed E-state index contributed by atoms with van der Waals surface area (Å²) in [5, 5.41) is 0. The van der Waals surface area contributed by atoms with E-state index in [0.717, 1.165) is 38.8 Å². The number of aromatic nitrogens is 4. The Morgan fingerprint density at radius 2 is 2.06 bits per heavy atom. The van der Waals surface area contributed by atoms with Crippen molar-refractivity contribution in [2.75, 3.05) is 12.3 Å². The smallest absolute Gasteiger partial charge is 0.280 e. The van der Waals surface area contributed by atoms with Crippen LogP contribution < -0.4 is 17.0 Å². The van der Waals surface area contributed by atoms with Crippen molar-refractivity contribution in [2.45, 2.75) is 32.2 Å². The molecular formula is C11H18N6O. The summed E-state index contributed by atoms with van der Waals surface area (Å²) in [4.78, 5) is 22.2. The summed E-state index contributed by atoms with van der Waals surface area (Å²) in [5.74, 6) is 0.123. The fourth-order valence-corrected chi connectivity index (χ4v) is 1.91. The highest BCUT2D eigenvalue weighted by atomic mass is 16.1. The van der Waals surface area contributed by atoms with Crippen molar-refractivity contribution >= 4 is 17.1 Å². The van der Waals surface area contributed by atoms with Crippen molar-refractivity contribution in [3.8, 4) is 0 Å². The first-order valence-electron chi connectivity index (χ1n) is 6.13. The lowest BCUT2D eigenvalue weighted by Crippen LogP contribution is -2.12. The molecule has 0 bridgehead atoms. The van der Waals surface area contributed by atoms with Gasteiger partial charge in [-0.1, -0.05) is 12.8 Å². The van der Waals surface area contributed by atoms with Gasteiger partial charge in [-0.25, -0.2) is 4.98 Å². The zero-order valence-corrected chi connectivity index (χ0v) is 10.2. The van der Waals surface area contributed by atoms with Gasteiger partial charge in [0.2, 0.25) is 5.95 Å². The number of nitrogens with one attached hydrogen (secondary N) is 1. The summed E-state index contributed by atoms with van der Waals surface area (Å²) in [7, 11) is 0. The van der Waals surface area contributed by atoms with E-state index in [1.807, 2.05) is 4.57 Å². The minimum Gasteiger partial charge on any atom is -0.369 e. The summed E-state index contributed by atoms with van der Waals surface area (Å²) in [6, 6.07) is 0. The second-order valence-corrected chi connectivity index (χ2v) is 4.26. The molecule has 0 atom stereocenters. The number of aromatic amines is 1. The number of fused-ring (bicyclic) bond motifs is 1. The molecule has 0 fully saturated rings. The van der Waals surface area contributed by atoms with E-state index in [0.29, 0.717) is 11.2 Å². The highest BCUT2D eigenvalue weighted by molar-refractivity contribution is 5.70. The van der Waals surface area contributed by atoms with Gasteiger partial charge in [-0.3, -0.25) is 9.78 Å². The molecular weight excluding hydrogens is 232 g/mol. The maximum atomic E-state index is 11.6. The van der Waals surface area contributed by atoms with E-state index in [-0.39, 0.29) is 11.5 Å². The average Bonchev–Trinajstić information content (AvgIpc) is 2.72. The minimum atomic E-state index is -0.292. The van der Waals surface area contributed by atoms with Gasteiger partial charge in [-0.05, 0) is 19.4 Å². The first kappa shape index (κ1) is 12.6. The van der Waals surface area contributed by atoms with Crippen LogP contribution in [0, 0.1) is 0 Å². The Bertz CT molecular complexity index is 572. The molecule has 2 aromatic heterocycles. The molecule has 5 N–H and O–H groups in total. The average molecular weight is 250 g/mol. The van der Waals surface area contributed by atoms with Crippen molar-refractivity contribution in [1.82, 2.24) is 19.5 Å². The van der Waals surface area contributed by atoms with Gasteiger partial charge in [0.15, 0.2) is 11.2 Å². The molecule has 98 valence electrons. The van der Waals surface area contributed by atoms with Crippen molar-refractivity contribution in [1.29, 1.82) is 0 Å². The Morgan fingerprint density at radius 1 is 1.28 bits per heavy atom. The molecule has 0 aliphatic rings. The van der Waals surface area contributed by atoms with Gasteiger partial charge in [0.25, 0.3) is 5.56 Å². The molecule has 18 heavy (non-hydrogen) atoms. The molecule has 0 saturated heterocycles. The SMILES string of the molecule is NCCCCCCn1cnc2c(=O)[nH]c(N)nc21. The van der Waals surface area contributed by atoms with Crippen LogP contribution in [0.2, 0.25) is 0 Å². The molecule has 0 aliphatic heterocycles. The molecule has 0 spiro atoms. The van der Waals surface area contributed by atoms with Crippen LogP contribution >= 0.6 is 0 Å². The molecule has 0 saturated carbocycles. The van der Waals surface area contributed by atoms with Crippen LogP contribution in [0.4, 0.5) is 5.95 Å². The monoisotopic (exact) mass is 250 g/mol. The maximum absolute atomic E-state index is 11.6. The van der Waals surface area contributed by atoms with Crippen molar-refractivity contribution < 1.29 is 0 Å². The third-order valence-electron chi connectivity index (χ3n) is 2.85. The first-order valence-corrected chi connectivity index (χ1v) is 6.13. The molecule has 0 unspecified atom stereocenters. The van der Waals surface area contributed by atoms with E-state index < -0.39 is 0 Å². The predicted octanol–water partition coefficient (Wildman–Crippen LogP) is 0.221. The Morgan fingerprint density at radius 3 is 2.83 bits per heavy atom. The van der Waals surface area contributed by atoms with Crippen LogP contribution in [0.1, 0.15) is 25.7 Å². The molecule has 0 radical (unpaired) electrons. The van der Waals surface area contributed by atoms with E-state index in [1.165, 1.54) is 0 Å². The third-order valence-corrected chi connectivity index (χ3v) is 2.85. The molecule has 0 aliphatic carbocycles. The molecule has 2 heterocycles. The van der Waals surface area contributed by atoms with Gasteiger partial charge in [-0.2, -0.15) is 4.98 Å². The van der Waals surface area contributed by atoms with Crippen LogP contribution in [0.25, 0.3) is 11.2 Å². The topological polar surface area (TPSA) is 116 Å². The fourth-order valence-electron chi connectivity index (χ4n) is 1.91. The summed E-state index contributed by atoms with van der Waals surface area (Å²) < 4.78 is 1.86. The van der Waals surface area contributed by atoms with Crippen molar-refractivity contribution in [3.05, 3.63) is 16.7 Å². The molecule has 7 nitrogen and oxygen atoms in total. The second kappa shape index (κ2) is 5.63. The van der Waals surface area contributed by atoms with Gasteiger partial charge in [-0.15, -0.1) is 0 Å². The number of H-pyrrole nitrogens is 1. The summed E-state index contributed by atoms with van der Waals surface area (Å²) in [6.45, 7) is 1.53. The molecule has 0 aromatic carbocycles. The van der Waals surface area contributed by atoms with Crippen LogP contribution in [0.3, 0.4) is 0 Å². The number of nitrogens with zero attached hydrogens (tertiary/aromatic N) is 3. The number of rotatable bonds is 6. The van der Waals surface area contributed by atoms with Gasteiger partial charge in [0.1, 0.15) is 0 Å². The van der Waals surface area contributed by atoms with Gasteiger partial charge >= 0.3 is 0 Å². The van der Waals surface area contributed by atoms with Crippen molar-refractivity contribution in [3.63, 3.8) is 0 Å². The Labute approximate surface area is 104 Å². The number of hydrogen-bond donors (Lipinski definition) is 3. The highest BCUT2D eigenvalue weighted by Crippen LogP contribution is 2.09. The third kappa shape index (κ3) is 2.67.